The van der Waals surface area contributed by atoms with E-state index in [2.05, 4.69) is 42.4 Å². The van der Waals surface area contributed by atoms with E-state index in [-0.39, 0.29) is 29.9 Å². The molecule has 0 saturated heterocycles. The molecule has 1 aromatic carbocycles. The van der Waals surface area contributed by atoms with Gasteiger partial charge in [-0.1, -0.05) is 31.2 Å². The number of fused-ring (bicyclic) bond motifs is 1. The molecule has 1 unspecified atom stereocenters. The molecule has 1 amide bonds. The van der Waals surface area contributed by atoms with Crippen molar-refractivity contribution in [1.29, 1.82) is 0 Å². The smallest absolute Gasteiger partial charge is 0.222 e. The lowest BCUT2D eigenvalue weighted by atomic mass is 9.99. The molecule has 2 rings (SSSR count). The van der Waals surface area contributed by atoms with Gasteiger partial charge in [0.05, 0.1) is 0 Å². The second kappa shape index (κ2) is 10.5. The molecule has 3 N–H and O–H groups in total. The van der Waals surface area contributed by atoms with Crippen LogP contribution in [0.3, 0.4) is 0 Å². The second-order valence-electron chi connectivity index (χ2n) is 6.16. The highest BCUT2D eigenvalue weighted by atomic mass is 127. The van der Waals surface area contributed by atoms with Gasteiger partial charge in [-0.15, -0.1) is 24.0 Å². The molecule has 0 aliphatic carbocycles. The number of halogens is 1. The summed E-state index contributed by atoms with van der Waals surface area (Å²) in [4.78, 5) is 18.5. The number of benzene rings is 1. The molecule has 0 saturated carbocycles. The van der Waals surface area contributed by atoms with Gasteiger partial charge in [0.25, 0.3) is 0 Å². The van der Waals surface area contributed by atoms with Crippen LogP contribution in [0.1, 0.15) is 44.2 Å². The van der Waals surface area contributed by atoms with Crippen LogP contribution in [-0.2, 0) is 17.8 Å². The molecule has 1 aliphatic heterocycles. The summed E-state index contributed by atoms with van der Waals surface area (Å²) in [5.41, 5.74) is 8.44. The van der Waals surface area contributed by atoms with Crippen LogP contribution in [0.2, 0.25) is 0 Å². The van der Waals surface area contributed by atoms with Crippen molar-refractivity contribution < 1.29 is 4.79 Å². The molecule has 0 bridgehead atoms. The lowest BCUT2D eigenvalue weighted by molar-refractivity contribution is -0.132. The van der Waals surface area contributed by atoms with Crippen molar-refractivity contribution >= 4 is 35.8 Å². The molecule has 0 spiro atoms. The summed E-state index contributed by atoms with van der Waals surface area (Å²) < 4.78 is 0. The third-order valence-electron chi connectivity index (χ3n) is 4.32. The molecule has 0 aromatic heterocycles. The van der Waals surface area contributed by atoms with Crippen LogP contribution < -0.4 is 11.1 Å². The average molecular weight is 444 g/mol. The normalized spacial score (nSPS) is 15.2. The predicted octanol–water partition coefficient (Wildman–Crippen LogP) is 2.67. The number of nitrogens with two attached hydrogens (primary N) is 1. The Hall–Kier alpha value is -1.31. The zero-order valence-electron chi connectivity index (χ0n) is 14.6. The quantitative estimate of drug-likeness (QED) is 0.307. The maximum Gasteiger partial charge on any atom is 0.222 e. The molecule has 1 aliphatic rings. The summed E-state index contributed by atoms with van der Waals surface area (Å²) in [6.07, 6.45) is 3.22. The Bertz CT molecular complexity index is 562. The first kappa shape index (κ1) is 20.7. The number of nitrogens with one attached hydrogen (secondary N) is 1. The van der Waals surface area contributed by atoms with Gasteiger partial charge in [-0.2, -0.15) is 0 Å². The fraction of sp³-hybridized carbons (Fsp3) is 0.556. The molecule has 134 valence electrons. The summed E-state index contributed by atoms with van der Waals surface area (Å²) in [5.74, 6) is 0.682. The maximum absolute atomic E-state index is 12.3. The number of guanidine groups is 1. The third kappa shape index (κ3) is 6.30. The van der Waals surface area contributed by atoms with Crippen molar-refractivity contribution in [2.75, 3.05) is 13.1 Å². The second-order valence-corrected chi connectivity index (χ2v) is 6.16. The van der Waals surface area contributed by atoms with E-state index in [1.165, 1.54) is 11.1 Å². The summed E-state index contributed by atoms with van der Waals surface area (Å²) in [5, 5.41) is 3.12. The highest BCUT2D eigenvalue weighted by Crippen LogP contribution is 2.19. The lowest BCUT2D eigenvalue weighted by Crippen LogP contribution is -2.38. The summed E-state index contributed by atoms with van der Waals surface area (Å²) in [6.45, 7) is 6.30. The van der Waals surface area contributed by atoms with Crippen LogP contribution in [0, 0.1) is 0 Å². The number of carbonyl (C=O) groups excluding carboxylic acids is 1. The SMILES string of the molecule is CCC(C)NC(N)=NCCCC(=O)N1CCc2ccccc2C1.I. The number of aliphatic imine (C=N–C) groups is 1. The largest absolute Gasteiger partial charge is 0.370 e. The third-order valence-corrected chi connectivity index (χ3v) is 4.32. The molecule has 6 heteroatoms. The van der Waals surface area contributed by atoms with Gasteiger partial charge in [-0.05, 0) is 37.3 Å². The van der Waals surface area contributed by atoms with Gasteiger partial charge in [-0.3, -0.25) is 9.79 Å². The van der Waals surface area contributed by atoms with Crippen molar-refractivity contribution in [3.05, 3.63) is 35.4 Å². The summed E-state index contributed by atoms with van der Waals surface area (Å²) in [6, 6.07) is 8.69. The molecule has 24 heavy (non-hydrogen) atoms. The molecule has 0 fully saturated rings. The van der Waals surface area contributed by atoms with Gasteiger partial charge >= 0.3 is 0 Å². The fourth-order valence-electron chi connectivity index (χ4n) is 2.70. The van der Waals surface area contributed by atoms with E-state index in [0.29, 0.717) is 25.0 Å². The van der Waals surface area contributed by atoms with Crippen LogP contribution in [0.15, 0.2) is 29.3 Å². The van der Waals surface area contributed by atoms with Gasteiger partial charge < -0.3 is 16.0 Å². The summed E-state index contributed by atoms with van der Waals surface area (Å²) in [7, 11) is 0. The number of hydrogen-bond acceptors (Lipinski definition) is 2. The zero-order chi connectivity index (χ0) is 16.7. The minimum Gasteiger partial charge on any atom is -0.370 e. The Balaban J connectivity index is 0.00000288. The predicted molar refractivity (Wildman–Crippen MR) is 110 cm³/mol. The zero-order valence-corrected chi connectivity index (χ0v) is 17.0. The number of carbonyl (C=O) groups is 1. The van der Waals surface area contributed by atoms with E-state index in [4.69, 9.17) is 5.73 Å². The van der Waals surface area contributed by atoms with Crippen molar-refractivity contribution in [2.45, 2.75) is 52.1 Å². The van der Waals surface area contributed by atoms with Crippen molar-refractivity contribution in [2.24, 2.45) is 10.7 Å². The van der Waals surface area contributed by atoms with E-state index in [9.17, 15) is 4.79 Å². The Morgan fingerprint density at radius 1 is 1.38 bits per heavy atom. The lowest BCUT2D eigenvalue weighted by Gasteiger charge is -2.28. The van der Waals surface area contributed by atoms with Crippen LogP contribution >= 0.6 is 24.0 Å². The van der Waals surface area contributed by atoms with Crippen LogP contribution in [0.5, 0.6) is 0 Å². The van der Waals surface area contributed by atoms with Crippen molar-refractivity contribution in [1.82, 2.24) is 10.2 Å². The van der Waals surface area contributed by atoms with Crippen LogP contribution in [0.4, 0.5) is 0 Å². The summed E-state index contributed by atoms with van der Waals surface area (Å²) >= 11 is 0. The van der Waals surface area contributed by atoms with Gasteiger partial charge in [0, 0.05) is 32.1 Å². The minimum atomic E-state index is 0. The van der Waals surface area contributed by atoms with E-state index in [0.717, 1.165) is 32.4 Å². The maximum atomic E-state index is 12.3. The highest BCUT2D eigenvalue weighted by molar-refractivity contribution is 14.0. The Kier molecular flexibility index (Phi) is 9.10. The number of rotatable bonds is 6. The van der Waals surface area contributed by atoms with E-state index in [1.54, 1.807) is 0 Å². The highest BCUT2D eigenvalue weighted by Gasteiger charge is 2.19. The molecular weight excluding hydrogens is 415 g/mol. The van der Waals surface area contributed by atoms with E-state index < -0.39 is 0 Å². The Morgan fingerprint density at radius 2 is 2.08 bits per heavy atom. The number of hydrogen-bond donors (Lipinski definition) is 2. The van der Waals surface area contributed by atoms with Crippen LogP contribution in [-0.4, -0.2) is 35.9 Å². The van der Waals surface area contributed by atoms with Gasteiger partial charge in [0.2, 0.25) is 5.91 Å². The van der Waals surface area contributed by atoms with Gasteiger partial charge in [0.1, 0.15) is 0 Å². The minimum absolute atomic E-state index is 0. The van der Waals surface area contributed by atoms with Crippen LogP contribution in [0.25, 0.3) is 0 Å². The molecular formula is C18H29IN4O. The number of amides is 1. The molecule has 5 nitrogen and oxygen atoms in total. The van der Waals surface area contributed by atoms with E-state index in [1.807, 2.05) is 11.0 Å². The van der Waals surface area contributed by atoms with Gasteiger partial charge in [0.15, 0.2) is 5.96 Å². The van der Waals surface area contributed by atoms with Crippen molar-refractivity contribution in [3.63, 3.8) is 0 Å². The van der Waals surface area contributed by atoms with Crippen molar-refractivity contribution in [3.8, 4) is 0 Å². The first-order valence-corrected chi connectivity index (χ1v) is 8.51. The monoisotopic (exact) mass is 444 g/mol. The molecule has 1 aromatic rings. The number of nitrogens with zero attached hydrogens (tertiary/aromatic N) is 2. The molecule has 1 heterocycles. The average Bonchev–Trinajstić information content (AvgIpc) is 2.57. The standard InChI is InChI=1S/C18H28N4O.HI/c1-3-14(2)21-18(19)20-11-6-9-17(23)22-12-10-15-7-4-5-8-16(15)13-22;/h4-5,7-8,14H,3,6,9-13H2,1-2H3,(H3,19,20,21);1H. The first-order chi connectivity index (χ1) is 11.1. The topological polar surface area (TPSA) is 70.7 Å². The fourth-order valence-corrected chi connectivity index (χ4v) is 2.70. The Labute approximate surface area is 162 Å². The molecule has 1 atom stereocenters. The molecule has 0 radical (unpaired) electrons. The first-order valence-electron chi connectivity index (χ1n) is 8.51. The van der Waals surface area contributed by atoms with Gasteiger partial charge in [-0.25, -0.2) is 0 Å². The Morgan fingerprint density at radius 3 is 2.79 bits per heavy atom. The van der Waals surface area contributed by atoms with E-state index >= 15 is 0 Å².